The van der Waals surface area contributed by atoms with Gasteiger partial charge in [0.1, 0.15) is 11.5 Å². The highest BCUT2D eigenvalue weighted by Crippen LogP contribution is 2.24. The zero-order chi connectivity index (χ0) is 37.3. The van der Waals surface area contributed by atoms with E-state index in [4.69, 9.17) is 14.2 Å². The molecule has 0 heterocycles. The summed E-state index contributed by atoms with van der Waals surface area (Å²) in [5, 5.41) is 0. The van der Waals surface area contributed by atoms with Crippen LogP contribution in [0.1, 0.15) is 230 Å². The molecule has 0 aromatic heterocycles. The van der Waals surface area contributed by atoms with Gasteiger partial charge in [0, 0.05) is 6.61 Å². The zero-order valence-corrected chi connectivity index (χ0v) is 34.4. The van der Waals surface area contributed by atoms with Crippen LogP contribution in [0.3, 0.4) is 0 Å². The van der Waals surface area contributed by atoms with E-state index in [0.717, 1.165) is 43.6 Å². The van der Waals surface area contributed by atoms with Crippen molar-refractivity contribution < 1.29 is 19.0 Å². The molecule has 0 aliphatic rings. The van der Waals surface area contributed by atoms with Gasteiger partial charge in [-0.05, 0) is 74.6 Å². The largest absolute Gasteiger partial charge is 0.490 e. The second kappa shape index (κ2) is 32.1. The summed E-state index contributed by atoms with van der Waals surface area (Å²) in [4.78, 5) is 12.9. The molecule has 0 N–H and O–H groups in total. The third kappa shape index (κ3) is 23.4. The number of benzene rings is 2. The van der Waals surface area contributed by atoms with Crippen LogP contribution in [-0.4, -0.2) is 18.7 Å². The molecule has 2 unspecified atom stereocenters. The quantitative estimate of drug-likeness (QED) is 0.0404. The number of hydrogen-bond donors (Lipinski definition) is 0. The Morgan fingerprint density at radius 3 is 1.37 bits per heavy atom. The maximum atomic E-state index is 12.9. The second-order valence-corrected chi connectivity index (χ2v) is 15.4. The smallest absolute Gasteiger partial charge is 0.343 e. The van der Waals surface area contributed by atoms with E-state index in [1.54, 1.807) is 0 Å². The summed E-state index contributed by atoms with van der Waals surface area (Å²) >= 11 is 0. The number of ether oxygens (including phenoxy) is 3. The van der Waals surface area contributed by atoms with Crippen LogP contribution in [-0.2, 0) is 4.74 Å². The van der Waals surface area contributed by atoms with Crippen LogP contribution in [0.4, 0.5) is 0 Å². The van der Waals surface area contributed by atoms with Crippen LogP contribution < -0.4 is 9.47 Å². The zero-order valence-electron chi connectivity index (χ0n) is 34.4. The monoisotopic (exact) mass is 721 g/mol. The van der Waals surface area contributed by atoms with Gasteiger partial charge in [-0.3, -0.25) is 0 Å². The topological polar surface area (TPSA) is 44.8 Å². The van der Waals surface area contributed by atoms with Gasteiger partial charge >= 0.3 is 5.97 Å². The third-order valence-electron chi connectivity index (χ3n) is 10.6. The van der Waals surface area contributed by atoms with Gasteiger partial charge in [0.05, 0.1) is 17.8 Å². The summed E-state index contributed by atoms with van der Waals surface area (Å²) in [6, 6.07) is 15.1. The Labute approximate surface area is 321 Å². The Balaban J connectivity index is 1.55. The summed E-state index contributed by atoms with van der Waals surface area (Å²) in [7, 11) is 0. The van der Waals surface area contributed by atoms with E-state index < -0.39 is 0 Å². The summed E-state index contributed by atoms with van der Waals surface area (Å²) in [5.74, 6) is 1.02. The maximum Gasteiger partial charge on any atom is 0.343 e. The van der Waals surface area contributed by atoms with Crippen molar-refractivity contribution in [3.05, 3.63) is 59.7 Å². The van der Waals surface area contributed by atoms with E-state index in [1.807, 2.05) is 48.5 Å². The first-order chi connectivity index (χ1) is 25.6. The molecule has 4 nitrogen and oxygen atoms in total. The van der Waals surface area contributed by atoms with Crippen molar-refractivity contribution in [2.75, 3.05) is 6.61 Å². The summed E-state index contributed by atoms with van der Waals surface area (Å²) in [6.07, 6.45) is 37.6. The molecule has 0 bridgehead atoms. The van der Waals surface area contributed by atoms with E-state index in [-0.39, 0.29) is 18.2 Å². The first kappa shape index (κ1) is 45.8. The number of esters is 1. The lowest BCUT2D eigenvalue weighted by molar-refractivity contribution is 0.0626. The average molecular weight is 721 g/mol. The highest BCUT2D eigenvalue weighted by atomic mass is 16.5. The van der Waals surface area contributed by atoms with Crippen LogP contribution in [0.25, 0.3) is 0 Å². The highest BCUT2D eigenvalue weighted by Gasteiger charge is 2.13. The fraction of sp³-hybridized carbons (Fsp3) is 0.729. The normalized spacial score (nSPS) is 12.5. The Kier molecular flexibility index (Phi) is 28.3. The Hall–Kier alpha value is -2.33. The van der Waals surface area contributed by atoms with E-state index >= 15 is 0 Å². The van der Waals surface area contributed by atoms with Gasteiger partial charge in [0.15, 0.2) is 0 Å². The molecule has 0 saturated heterocycles. The average Bonchev–Trinajstić information content (AvgIpc) is 3.16. The molecule has 0 fully saturated rings. The van der Waals surface area contributed by atoms with Crippen molar-refractivity contribution in [1.82, 2.24) is 0 Å². The lowest BCUT2D eigenvalue weighted by Gasteiger charge is -2.19. The van der Waals surface area contributed by atoms with Gasteiger partial charge in [-0.25, -0.2) is 4.79 Å². The van der Waals surface area contributed by atoms with Crippen LogP contribution >= 0.6 is 0 Å². The predicted molar refractivity (Wildman–Crippen MR) is 223 cm³/mol. The van der Waals surface area contributed by atoms with E-state index in [9.17, 15) is 4.79 Å². The first-order valence-electron chi connectivity index (χ1n) is 22.3. The third-order valence-corrected chi connectivity index (χ3v) is 10.6. The van der Waals surface area contributed by atoms with Crippen molar-refractivity contribution >= 4 is 5.97 Å². The molecule has 0 saturated carbocycles. The van der Waals surface area contributed by atoms with Crippen molar-refractivity contribution in [2.24, 2.45) is 0 Å². The molecule has 296 valence electrons. The summed E-state index contributed by atoms with van der Waals surface area (Å²) < 4.78 is 18.1. The number of rotatable bonds is 35. The fourth-order valence-electron chi connectivity index (χ4n) is 7.11. The fourth-order valence-corrected chi connectivity index (χ4v) is 7.11. The molecule has 0 aliphatic carbocycles. The maximum absolute atomic E-state index is 12.9. The van der Waals surface area contributed by atoms with E-state index in [0.29, 0.717) is 11.3 Å². The van der Waals surface area contributed by atoms with Crippen molar-refractivity contribution in [2.45, 2.75) is 220 Å². The molecule has 0 aliphatic heterocycles. The number of hydrogen-bond acceptors (Lipinski definition) is 4. The van der Waals surface area contributed by atoms with Gasteiger partial charge in [0.2, 0.25) is 0 Å². The Morgan fingerprint density at radius 2 is 0.904 bits per heavy atom. The van der Waals surface area contributed by atoms with Crippen LogP contribution in [0, 0.1) is 0 Å². The van der Waals surface area contributed by atoms with Crippen molar-refractivity contribution in [1.29, 1.82) is 0 Å². The molecular formula is C48H80O4. The minimum Gasteiger partial charge on any atom is -0.490 e. The van der Waals surface area contributed by atoms with Gasteiger partial charge < -0.3 is 14.2 Å². The van der Waals surface area contributed by atoms with Crippen molar-refractivity contribution in [3.63, 3.8) is 0 Å². The van der Waals surface area contributed by atoms with E-state index in [2.05, 4.69) is 27.7 Å². The number of carbonyl (C=O) groups is 1. The molecule has 2 aromatic rings. The summed E-state index contributed by atoms with van der Waals surface area (Å²) in [6.45, 7) is 9.65. The molecule has 2 aromatic carbocycles. The Bertz CT molecular complexity index is 1080. The second-order valence-electron chi connectivity index (χ2n) is 15.4. The van der Waals surface area contributed by atoms with Crippen LogP contribution in [0.15, 0.2) is 48.5 Å². The Morgan fingerprint density at radius 1 is 0.481 bits per heavy atom. The predicted octanol–water partition coefficient (Wildman–Crippen LogP) is 15.7. The number of unbranched alkanes of at least 4 members (excludes halogenated alkanes) is 23. The minimum atomic E-state index is -0.351. The summed E-state index contributed by atoms with van der Waals surface area (Å²) in [5.41, 5.74) is 1.62. The minimum absolute atomic E-state index is 0.00538. The lowest BCUT2D eigenvalue weighted by Crippen LogP contribution is -2.16. The molecule has 52 heavy (non-hydrogen) atoms. The molecule has 0 spiro atoms. The van der Waals surface area contributed by atoms with Crippen molar-refractivity contribution in [3.8, 4) is 11.5 Å². The number of carbonyl (C=O) groups excluding carboxylic acids is 1. The van der Waals surface area contributed by atoms with E-state index in [1.165, 1.54) is 154 Å². The van der Waals surface area contributed by atoms with Crippen LogP contribution in [0.5, 0.6) is 11.5 Å². The van der Waals surface area contributed by atoms with Gasteiger partial charge in [-0.1, -0.05) is 187 Å². The molecular weight excluding hydrogens is 641 g/mol. The van der Waals surface area contributed by atoms with Gasteiger partial charge in [-0.2, -0.15) is 0 Å². The van der Waals surface area contributed by atoms with Gasteiger partial charge in [-0.15, -0.1) is 0 Å². The standard InChI is InChI=1S/C48H80O4/c1-5-8-10-12-14-16-17-18-19-20-21-22-24-26-28-30-41-50-42(4)43-33-35-44(36-34-43)48(49)52-47-39-37-46(38-40-47)51-45(31-7-3)32-29-27-25-23-15-13-11-9-6-2/h33-40,42,45H,5-32,41H2,1-4H3. The first-order valence-corrected chi connectivity index (χ1v) is 22.3. The molecule has 2 rings (SSSR count). The highest BCUT2D eigenvalue weighted by molar-refractivity contribution is 5.91. The SMILES string of the molecule is CCCCCCCCCCCCCCCCCCOC(C)c1ccc(C(=O)Oc2ccc(OC(CCC)CCCCCCCCCCC)cc2)cc1. The molecule has 0 amide bonds. The van der Waals surface area contributed by atoms with Crippen LogP contribution in [0.2, 0.25) is 0 Å². The molecule has 4 heteroatoms. The molecule has 2 atom stereocenters. The lowest BCUT2D eigenvalue weighted by atomic mass is 10.0. The van der Waals surface area contributed by atoms with Gasteiger partial charge in [0.25, 0.3) is 0 Å². The molecule has 0 radical (unpaired) electrons.